The lowest BCUT2D eigenvalue weighted by atomic mass is 10.3. The second-order valence-electron chi connectivity index (χ2n) is 4.32. The van der Waals surface area contributed by atoms with E-state index in [-0.39, 0.29) is 22.8 Å². The summed E-state index contributed by atoms with van der Waals surface area (Å²) >= 11 is 5.75. The Bertz CT molecular complexity index is 479. The van der Waals surface area contributed by atoms with Crippen LogP contribution in [0.15, 0.2) is 12.3 Å². The molecule has 92 valence electrons. The Labute approximate surface area is 103 Å². The van der Waals surface area contributed by atoms with Crippen LogP contribution in [0.5, 0.6) is 0 Å². The summed E-state index contributed by atoms with van der Waals surface area (Å²) in [6.07, 6.45) is 3.03. The lowest BCUT2D eigenvalue weighted by molar-refractivity contribution is -0.384. The van der Waals surface area contributed by atoms with Crippen molar-refractivity contribution >= 4 is 23.2 Å². The highest BCUT2D eigenvalue weighted by Gasteiger charge is 2.43. The minimum absolute atomic E-state index is 0.0895. The van der Waals surface area contributed by atoms with Gasteiger partial charge in [-0.3, -0.25) is 14.9 Å². The fraction of sp³-hybridized carbons (Fsp3) is 0.500. The van der Waals surface area contributed by atoms with Crippen molar-refractivity contribution in [2.75, 3.05) is 5.88 Å². The molecule has 1 aromatic heterocycles. The van der Waals surface area contributed by atoms with E-state index in [1.807, 2.05) is 0 Å². The zero-order chi connectivity index (χ0) is 12.6. The molecule has 0 spiro atoms. The van der Waals surface area contributed by atoms with Crippen LogP contribution in [0.25, 0.3) is 0 Å². The molecule has 6 nitrogen and oxygen atoms in total. The topological polar surface area (TPSA) is 77.2 Å². The average molecular weight is 258 g/mol. The number of carbonyl (C=O) groups is 1. The molecule has 0 unspecified atom stereocenters. The van der Waals surface area contributed by atoms with E-state index in [4.69, 9.17) is 11.6 Å². The van der Waals surface area contributed by atoms with Crippen LogP contribution in [-0.2, 0) is 7.05 Å². The van der Waals surface area contributed by atoms with Gasteiger partial charge in [0.2, 0.25) is 0 Å². The number of hydrogen-bond acceptors (Lipinski definition) is 3. The van der Waals surface area contributed by atoms with Gasteiger partial charge in [0.25, 0.3) is 11.6 Å². The third-order valence-electron chi connectivity index (χ3n) is 2.92. The fourth-order valence-corrected chi connectivity index (χ4v) is 1.95. The number of alkyl halides is 1. The maximum atomic E-state index is 11.9. The quantitative estimate of drug-likeness (QED) is 0.504. The fourth-order valence-electron chi connectivity index (χ4n) is 1.62. The van der Waals surface area contributed by atoms with Gasteiger partial charge in [0.1, 0.15) is 5.69 Å². The van der Waals surface area contributed by atoms with E-state index in [9.17, 15) is 14.9 Å². The number of amides is 1. The summed E-state index contributed by atoms with van der Waals surface area (Å²) in [5.74, 6) is 0.0457. The maximum Gasteiger partial charge on any atom is 0.287 e. The van der Waals surface area contributed by atoms with Gasteiger partial charge in [0.15, 0.2) is 0 Å². The van der Waals surface area contributed by atoms with Gasteiger partial charge in [-0.15, -0.1) is 11.6 Å². The predicted molar refractivity (Wildman–Crippen MR) is 62.2 cm³/mol. The number of carbonyl (C=O) groups excluding carboxylic acids is 1. The van der Waals surface area contributed by atoms with Crippen molar-refractivity contribution in [3.63, 3.8) is 0 Å². The largest absolute Gasteiger partial charge is 0.344 e. The Balaban J connectivity index is 2.16. The third-order valence-corrected chi connectivity index (χ3v) is 3.43. The first-order valence-corrected chi connectivity index (χ1v) is 5.70. The van der Waals surface area contributed by atoms with Gasteiger partial charge in [-0.25, -0.2) is 0 Å². The smallest absolute Gasteiger partial charge is 0.287 e. The van der Waals surface area contributed by atoms with Crippen LogP contribution in [0.1, 0.15) is 23.3 Å². The van der Waals surface area contributed by atoms with Crippen molar-refractivity contribution < 1.29 is 9.72 Å². The summed E-state index contributed by atoms with van der Waals surface area (Å²) < 4.78 is 1.44. The highest BCUT2D eigenvalue weighted by Crippen LogP contribution is 2.36. The van der Waals surface area contributed by atoms with Crippen LogP contribution in [0.2, 0.25) is 0 Å². The summed E-state index contributed by atoms with van der Waals surface area (Å²) in [5, 5.41) is 13.4. The molecule has 0 aliphatic heterocycles. The van der Waals surface area contributed by atoms with E-state index in [0.717, 1.165) is 12.8 Å². The number of hydrogen-bond donors (Lipinski definition) is 1. The number of aryl methyl sites for hydroxylation is 1. The predicted octanol–water partition coefficient (Wildman–Crippen LogP) is 1.43. The Morgan fingerprint density at radius 2 is 2.35 bits per heavy atom. The van der Waals surface area contributed by atoms with Crippen LogP contribution in [-0.4, -0.2) is 26.8 Å². The number of aromatic nitrogens is 1. The van der Waals surface area contributed by atoms with Gasteiger partial charge in [-0.1, -0.05) is 0 Å². The molecule has 0 saturated heterocycles. The van der Waals surface area contributed by atoms with Gasteiger partial charge < -0.3 is 9.88 Å². The van der Waals surface area contributed by atoms with Crippen LogP contribution in [0, 0.1) is 10.1 Å². The molecule has 0 radical (unpaired) electrons. The number of nitrogens with zero attached hydrogens (tertiary/aromatic N) is 2. The van der Waals surface area contributed by atoms with Crippen molar-refractivity contribution in [3.8, 4) is 0 Å². The van der Waals surface area contributed by atoms with E-state index in [2.05, 4.69) is 5.32 Å². The molecular formula is C10H12ClN3O3. The zero-order valence-corrected chi connectivity index (χ0v) is 10.0. The molecule has 1 heterocycles. The molecule has 1 saturated carbocycles. The molecule has 0 atom stereocenters. The summed E-state index contributed by atoms with van der Waals surface area (Å²) in [4.78, 5) is 22.0. The Hall–Kier alpha value is -1.56. The van der Waals surface area contributed by atoms with Gasteiger partial charge in [-0.05, 0) is 12.8 Å². The van der Waals surface area contributed by atoms with Gasteiger partial charge >= 0.3 is 0 Å². The molecule has 7 heteroatoms. The third kappa shape index (κ3) is 2.26. The molecule has 1 N–H and O–H groups in total. The average Bonchev–Trinajstić information content (AvgIpc) is 2.93. The molecular weight excluding hydrogens is 246 g/mol. The molecule has 1 amide bonds. The van der Waals surface area contributed by atoms with E-state index in [0.29, 0.717) is 5.88 Å². The van der Waals surface area contributed by atoms with Gasteiger partial charge in [0, 0.05) is 19.0 Å². The minimum Gasteiger partial charge on any atom is -0.344 e. The lowest BCUT2D eigenvalue weighted by Crippen LogP contribution is -2.38. The molecule has 1 aliphatic carbocycles. The highest BCUT2D eigenvalue weighted by atomic mass is 35.5. The molecule has 2 rings (SSSR count). The standard InChI is InChI=1S/C10H12ClN3O3/c1-13-5-7(14(16)17)4-8(13)9(15)12-10(6-11)2-3-10/h4-5H,2-3,6H2,1H3,(H,12,15). The monoisotopic (exact) mass is 257 g/mol. The summed E-state index contributed by atoms with van der Waals surface area (Å²) in [6, 6.07) is 1.26. The number of nitro groups is 1. The van der Waals surface area contributed by atoms with Crippen LogP contribution in [0.3, 0.4) is 0 Å². The normalized spacial score (nSPS) is 16.6. The van der Waals surface area contributed by atoms with Crippen LogP contribution >= 0.6 is 11.6 Å². The first kappa shape index (κ1) is 11.9. The molecule has 1 fully saturated rings. The van der Waals surface area contributed by atoms with Crippen molar-refractivity contribution in [1.29, 1.82) is 0 Å². The molecule has 1 aliphatic rings. The number of rotatable bonds is 4. The molecule has 17 heavy (non-hydrogen) atoms. The summed E-state index contributed by atoms with van der Waals surface area (Å²) in [5.41, 5.74) is -0.126. The minimum atomic E-state index is -0.523. The molecule has 0 aromatic carbocycles. The molecule has 0 bridgehead atoms. The van der Waals surface area contributed by atoms with Crippen molar-refractivity contribution in [2.24, 2.45) is 7.05 Å². The van der Waals surface area contributed by atoms with Crippen molar-refractivity contribution in [1.82, 2.24) is 9.88 Å². The van der Waals surface area contributed by atoms with E-state index >= 15 is 0 Å². The van der Waals surface area contributed by atoms with Crippen molar-refractivity contribution in [2.45, 2.75) is 18.4 Å². The first-order chi connectivity index (χ1) is 7.97. The zero-order valence-electron chi connectivity index (χ0n) is 9.27. The highest BCUT2D eigenvalue weighted by molar-refractivity contribution is 6.19. The van der Waals surface area contributed by atoms with Crippen molar-refractivity contribution in [3.05, 3.63) is 28.1 Å². The Kier molecular flexibility index (Phi) is 2.82. The maximum absolute atomic E-state index is 11.9. The lowest BCUT2D eigenvalue weighted by Gasteiger charge is -2.13. The van der Waals surface area contributed by atoms with Crippen LogP contribution in [0.4, 0.5) is 5.69 Å². The Morgan fingerprint density at radius 1 is 1.71 bits per heavy atom. The van der Waals surface area contributed by atoms with Gasteiger partial charge in [-0.2, -0.15) is 0 Å². The second kappa shape index (κ2) is 4.03. The SMILES string of the molecule is Cn1cc([N+](=O)[O-])cc1C(=O)NC1(CCl)CC1. The number of halogens is 1. The molecule has 1 aromatic rings. The van der Waals surface area contributed by atoms with E-state index in [1.165, 1.54) is 16.8 Å². The summed E-state index contributed by atoms with van der Waals surface area (Å²) in [7, 11) is 1.60. The second-order valence-corrected chi connectivity index (χ2v) is 4.59. The van der Waals surface area contributed by atoms with E-state index in [1.54, 1.807) is 7.05 Å². The van der Waals surface area contributed by atoms with E-state index < -0.39 is 4.92 Å². The van der Waals surface area contributed by atoms with Gasteiger partial charge in [0.05, 0.1) is 16.7 Å². The summed E-state index contributed by atoms with van der Waals surface area (Å²) in [6.45, 7) is 0. The first-order valence-electron chi connectivity index (χ1n) is 5.17. The van der Waals surface area contributed by atoms with Crippen LogP contribution < -0.4 is 5.32 Å². The Morgan fingerprint density at radius 3 is 2.76 bits per heavy atom. The number of nitrogens with one attached hydrogen (secondary N) is 1.